The second-order valence-corrected chi connectivity index (χ2v) is 14.7. The lowest BCUT2D eigenvalue weighted by Crippen LogP contribution is -2.44. The lowest BCUT2D eigenvalue weighted by Gasteiger charge is -2.49. The summed E-state index contributed by atoms with van der Waals surface area (Å²) in [5, 5.41) is 11.8. The molecule has 1 heterocycles. The molecule has 2 aromatic rings. The average molecular weight is 753 g/mol. The molecule has 0 N–H and O–H groups in total. The number of allylic oxidation sites excluding steroid dienone is 4. The van der Waals surface area contributed by atoms with Crippen molar-refractivity contribution in [2.45, 2.75) is 79.3 Å². The van der Waals surface area contributed by atoms with E-state index in [1.807, 2.05) is 29.5 Å². The van der Waals surface area contributed by atoms with Crippen LogP contribution in [0.3, 0.4) is 0 Å². The maximum Gasteiger partial charge on any atom is 0.416 e. The number of hydrogen-bond acceptors (Lipinski definition) is 7. The Morgan fingerprint density at radius 2 is 1.50 bits per heavy atom. The van der Waals surface area contributed by atoms with Crippen LogP contribution in [0.15, 0.2) is 52.9 Å². The number of benzene rings is 2. The normalized spacial score (nSPS) is 19.7. The Hall–Kier alpha value is -3.42. The van der Waals surface area contributed by atoms with E-state index in [0.717, 1.165) is 23.5 Å². The fraction of sp³-hybridized carbons (Fsp3) is 0.471. The number of carbonyl (C=O) groups is 2. The fourth-order valence-electron chi connectivity index (χ4n) is 6.91. The Labute approximate surface area is 279 Å². The first-order valence-electron chi connectivity index (χ1n) is 15.2. The molecule has 0 aromatic heterocycles. The van der Waals surface area contributed by atoms with Crippen LogP contribution in [0.5, 0.6) is 17.2 Å². The molecule has 46 heavy (non-hydrogen) atoms. The number of alkyl halides is 3. The number of ketones is 2. The molecule has 0 fully saturated rings. The van der Waals surface area contributed by atoms with E-state index in [2.05, 4.69) is 32.6 Å². The monoisotopic (exact) mass is 752 g/mol. The second-order valence-electron chi connectivity index (χ2n) is 13.6. The molecule has 2 aliphatic carbocycles. The van der Waals surface area contributed by atoms with E-state index in [9.17, 15) is 32.9 Å². The standard InChI is InChI=1S/C34H36F3IN2O6/c1-7-39-22-14-32(3,4)16-24(41)29(22)28(30-23(39)15-33(5,6)17-25(30)42)18-11-20(38)31(27(12-18)45-8-2)46-26-10-9-19(34(35,36)37)13-21(26)40(43)44/h9-13,28H,7-8,14-17H2,1-6H3. The highest BCUT2D eigenvalue weighted by molar-refractivity contribution is 14.1. The molecule has 0 atom stereocenters. The molecule has 0 amide bonds. The fourth-order valence-corrected chi connectivity index (χ4v) is 7.65. The van der Waals surface area contributed by atoms with Gasteiger partial charge in [0.1, 0.15) is 0 Å². The van der Waals surface area contributed by atoms with Gasteiger partial charge in [-0.05, 0) is 89.9 Å². The maximum absolute atomic E-state index is 14.0. The molecular weight excluding hydrogens is 716 g/mol. The van der Waals surface area contributed by atoms with Gasteiger partial charge in [-0.2, -0.15) is 13.2 Å². The van der Waals surface area contributed by atoms with E-state index in [1.165, 1.54) is 0 Å². The lowest BCUT2D eigenvalue weighted by molar-refractivity contribution is -0.385. The van der Waals surface area contributed by atoms with Gasteiger partial charge in [-0.15, -0.1) is 0 Å². The molecule has 2 aromatic carbocycles. The zero-order valence-corrected chi connectivity index (χ0v) is 28.7. The van der Waals surface area contributed by atoms with Crippen LogP contribution in [-0.4, -0.2) is 34.5 Å². The molecule has 246 valence electrons. The Balaban J connectivity index is 1.70. The van der Waals surface area contributed by atoms with Gasteiger partial charge < -0.3 is 14.4 Å². The lowest BCUT2D eigenvalue weighted by atomic mass is 9.63. The first-order chi connectivity index (χ1) is 21.4. The second kappa shape index (κ2) is 12.0. The van der Waals surface area contributed by atoms with Gasteiger partial charge in [0.2, 0.25) is 5.75 Å². The quantitative estimate of drug-likeness (QED) is 0.158. The maximum atomic E-state index is 14.0. The molecular formula is C34H36F3IN2O6. The molecule has 0 saturated heterocycles. The first-order valence-corrected chi connectivity index (χ1v) is 16.2. The topological polar surface area (TPSA) is 99.0 Å². The van der Waals surface area contributed by atoms with Crippen molar-refractivity contribution >= 4 is 39.8 Å². The molecule has 1 aliphatic heterocycles. The summed E-state index contributed by atoms with van der Waals surface area (Å²) in [7, 11) is 0. The summed E-state index contributed by atoms with van der Waals surface area (Å²) < 4.78 is 52.3. The minimum atomic E-state index is -4.78. The van der Waals surface area contributed by atoms with Gasteiger partial charge in [-0.25, -0.2) is 0 Å². The highest BCUT2D eigenvalue weighted by Gasteiger charge is 2.49. The summed E-state index contributed by atoms with van der Waals surface area (Å²) in [5.74, 6) is -0.809. The largest absolute Gasteiger partial charge is 0.490 e. The van der Waals surface area contributed by atoms with Crippen LogP contribution in [0, 0.1) is 24.5 Å². The third kappa shape index (κ3) is 6.28. The minimum Gasteiger partial charge on any atom is -0.490 e. The number of hydrogen-bond donors (Lipinski definition) is 0. The summed E-state index contributed by atoms with van der Waals surface area (Å²) in [5.41, 5.74) is 1.13. The predicted octanol–water partition coefficient (Wildman–Crippen LogP) is 9.11. The number of ether oxygens (including phenoxy) is 2. The van der Waals surface area contributed by atoms with Gasteiger partial charge in [0.05, 0.1) is 20.7 Å². The summed E-state index contributed by atoms with van der Waals surface area (Å²) in [4.78, 5) is 41.0. The number of nitro groups is 1. The van der Waals surface area contributed by atoms with Crippen LogP contribution in [0.2, 0.25) is 0 Å². The van der Waals surface area contributed by atoms with Gasteiger partial charge in [0.25, 0.3) is 0 Å². The van der Waals surface area contributed by atoms with E-state index in [4.69, 9.17) is 9.47 Å². The third-order valence-corrected chi connectivity index (χ3v) is 9.50. The molecule has 0 spiro atoms. The molecule has 3 aliphatic rings. The zero-order valence-electron chi connectivity index (χ0n) is 26.6. The van der Waals surface area contributed by atoms with E-state index < -0.39 is 28.3 Å². The van der Waals surface area contributed by atoms with E-state index in [1.54, 1.807) is 19.1 Å². The van der Waals surface area contributed by atoms with Crippen molar-refractivity contribution in [3.05, 3.63) is 77.7 Å². The van der Waals surface area contributed by atoms with Crippen LogP contribution >= 0.6 is 22.6 Å². The Kier molecular flexibility index (Phi) is 8.84. The van der Waals surface area contributed by atoms with Gasteiger partial charge >= 0.3 is 11.9 Å². The molecule has 0 bridgehead atoms. The van der Waals surface area contributed by atoms with E-state index in [0.29, 0.717) is 58.6 Å². The van der Waals surface area contributed by atoms with Crippen LogP contribution in [0.1, 0.15) is 84.3 Å². The summed E-state index contributed by atoms with van der Waals surface area (Å²) in [6.07, 6.45) is -2.79. The Morgan fingerprint density at radius 1 is 0.935 bits per heavy atom. The van der Waals surface area contributed by atoms with Crippen molar-refractivity contribution in [2.24, 2.45) is 10.8 Å². The SMILES string of the molecule is CCOc1cc(C2C3=C(CC(C)(C)CC3=O)N(CC)C3=C2C(=O)CC(C)(C)C3)cc(I)c1Oc1ccc(C(F)(F)F)cc1[N+](=O)[O-]. The molecule has 0 radical (unpaired) electrons. The molecule has 0 unspecified atom stereocenters. The first kappa shape index (κ1) is 33.9. The highest BCUT2D eigenvalue weighted by atomic mass is 127. The van der Waals surface area contributed by atoms with Crippen LogP contribution in [0.25, 0.3) is 0 Å². The van der Waals surface area contributed by atoms with Crippen molar-refractivity contribution in [3.63, 3.8) is 0 Å². The highest BCUT2D eigenvalue weighted by Crippen LogP contribution is 2.55. The number of Topliss-reactive ketones (excluding diaryl/α,β-unsaturated/α-hetero) is 2. The summed E-state index contributed by atoms with van der Waals surface area (Å²) in [6.45, 7) is 12.8. The van der Waals surface area contributed by atoms with Gasteiger partial charge in [0, 0.05) is 53.9 Å². The summed E-state index contributed by atoms with van der Waals surface area (Å²) in [6, 6.07) is 5.52. The van der Waals surface area contributed by atoms with Crippen molar-refractivity contribution < 1.29 is 37.2 Å². The molecule has 8 nitrogen and oxygen atoms in total. The summed E-state index contributed by atoms with van der Waals surface area (Å²) >= 11 is 1.98. The van der Waals surface area contributed by atoms with Crippen molar-refractivity contribution in [3.8, 4) is 17.2 Å². The number of carbonyl (C=O) groups excluding carboxylic acids is 2. The Morgan fingerprint density at radius 3 is 1.98 bits per heavy atom. The Bertz CT molecular complexity index is 1650. The smallest absolute Gasteiger partial charge is 0.416 e. The number of halogens is 4. The number of rotatable bonds is 7. The number of nitro benzene ring substituents is 1. The molecule has 0 saturated carbocycles. The molecule has 12 heteroatoms. The van der Waals surface area contributed by atoms with Gasteiger partial charge in [0.15, 0.2) is 23.1 Å². The van der Waals surface area contributed by atoms with E-state index in [-0.39, 0.29) is 46.3 Å². The van der Waals surface area contributed by atoms with Gasteiger partial charge in [-0.3, -0.25) is 19.7 Å². The zero-order chi connectivity index (χ0) is 33.9. The van der Waals surface area contributed by atoms with Crippen LogP contribution in [0.4, 0.5) is 18.9 Å². The minimum absolute atomic E-state index is 0.0208. The van der Waals surface area contributed by atoms with Crippen molar-refractivity contribution in [1.29, 1.82) is 0 Å². The van der Waals surface area contributed by atoms with Crippen LogP contribution in [-0.2, 0) is 15.8 Å². The average Bonchev–Trinajstić information content (AvgIpc) is 2.92. The van der Waals surface area contributed by atoms with Crippen LogP contribution < -0.4 is 9.47 Å². The molecule has 5 rings (SSSR count). The van der Waals surface area contributed by atoms with Gasteiger partial charge in [-0.1, -0.05) is 27.7 Å². The van der Waals surface area contributed by atoms with Crippen molar-refractivity contribution in [2.75, 3.05) is 13.2 Å². The third-order valence-electron chi connectivity index (χ3n) is 8.70. The van der Waals surface area contributed by atoms with E-state index >= 15 is 0 Å². The van der Waals surface area contributed by atoms with Crippen molar-refractivity contribution in [1.82, 2.24) is 4.90 Å². The number of nitrogens with zero attached hydrogens (tertiary/aromatic N) is 2. The predicted molar refractivity (Wildman–Crippen MR) is 174 cm³/mol.